The fraction of sp³-hybridized carbons (Fsp3) is 0.235. The molecule has 1 heterocycles. The van der Waals surface area contributed by atoms with Crippen LogP contribution in [0.1, 0.15) is 11.1 Å². The average Bonchev–Trinajstić information content (AvgIpc) is 3.07. The molecule has 0 atom stereocenters. The van der Waals surface area contributed by atoms with E-state index in [4.69, 9.17) is 4.74 Å². The van der Waals surface area contributed by atoms with Crippen molar-refractivity contribution in [3.05, 3.63) is 63.7 Å². The summed E-state index contributed by atoms with van der Waals surface area (Å²) in [6.45, 7) is 4.32. The third-order valence-electron chi connectivity index (χ3n) is 3.73. The summed E-state index contributed by atoms with van der Waals surface area (Å²) in [6.07, 6.45) is 0. The van der Waals surface area contributed by atoms with Crippen molar-refractivity contribution in [3.63, 3.8) is 0 Å². The van der Waals surface area contributed by atoms with Crippen LogP contribution < -0.4 is 4.74 Å². The topological polar surface area (TPSA) is 96.0 Å². The molecule has 1 aromatic heterocycles. The molecule has 3 aromatic rings. The second kappa shape index (κ2) is 7.96. The Bertz CT molecular complexity index is 908. The van der Waals surface area contributed by atoms with E-state index in [1.807, 2.05) is 32.0 Å². The number of hydrogen-bond donors (Lipinski definition) is 0. The van der Waals surface area contributed by atoms with E-state index in [1.54, 1.807) is 22.9 Å². The van der Waals surface area contributed by atoms with Crippen molar-refractivity contribution in [2.24, 2.45) is 0 Å². The number of nitrogens with zero attached hydrogens (tertiary/aromatic N) is 5. The summed E-state index contributed by atoms with van der Waals surface area (Å²) < 4.78 is 7.26. The summed E-state index contributed by atoms with van der Waals surface area (Å²) in [6, 6.07) is 12.3. The molecule has 0 aliphatic carbocycles. The minimum atomic E-state index is -0.454. The first kappa shape index (κ1) is 17.9. The molecule has 0 N–H and O–H groups in total. The molecule has 2 aromatic carbocycles. The fourth-order valence-corrected chi connectivity index (χ4v) is 3.26. The molecule has 0 unspecified atom stereocenters. The van der Waals surface area contributed by atoms with E-state index in [-0.39, 0.29) is 11.4 Å². The lowest BCUT2D eigenvalue weighted by Crippen LogP contribution is -2.06. The smallest absolute Gasteiger partial charge is 0.310 e. The van der Waals surface area contributed by atoms with Gasteiger partial charge in [0, 0.05) is 11.8 Å². The summed E-state index contributed by atoms with van der Waals surface area (Å²) in [5, 5.41) is 23.6. The predicted octanol–water partition coefficient (Wildman–Crippen LogP) is 3.36. The zero-order chi connectivity index (χ0) is 18.5. The molecular formula is C17H17N5O3S. The Morgan fingerprint density at radius 1 is 1.15 bits per heavy atom. The zero-order valence-electron chi connectivity index (χ0n) is 14.3. The Kier molecular flexibility index (Phi) is 5.47. The summed E-state index contributed by atoms with van der Waals surface area (Å²) in [5.41, 5.74) is 3.07. The third kappa shape index (κ3) is 3.83. The van der Waals surface area contributed by atoms with Gasteiger partial charge in [0.1, 0.15) is 0 Å². The molecule has 0 fully saturated rings. The molecule has 0 saturated heterocycles. The van der Waals surface area contributed by atoms with Crippen LogP contribution in [0.15, 0.2) is 47.6 Å². The van der Waals surface area contributed by atoms with Gasteiger partial charge >= 0.3 is 5.69 Å². The summed E-state index contributed by atoms with van der Waals surface area (Å²) in [5.74, 6) is 0.810. The van der Waals surface area contributed by atoms with Gasteiger partial charge in [-0.05, 0) is 41.5 Å². The number of tetrazole rings is 1. The van der Waals surface area contributed by atoms with E-state index >= 15 is 0 Å². The Morgan fingerprint density at radius 2 is 1.88 bits per heavy atom. The first-order chi connectivity index (χ1) is 12.6. The van der Waals surface area contributed by atoms with E-state index in [9.17, 15) is 10.1 Å². The lowest BCUT2D eigenvalue weighted by Gasteiger charge is -2.10. The summed E-state index contributed by atoms with van der Waals surface area (Å²) in [7, 11) is 0. The van der Waals surface area contributed by atoms with Crippen LogP contribution in [0.5, 0.6) is 5.75 Å². The molecule has 0 aliphatic rings. The van der Waals surface area contributed by atoms with E-state index in [2.05, 4.69) is 15.5 Å². The first-order valence-electron chi connectivity index (χ1n) is 7.92. The maximum atomic E-state index is 11.0. The summed E-state index contributed by atoms with van der Waals surface area (Å²) >= 11 is 1.43. The number of aromatic nitrogens is 4. The molecule has 0 saturated carbocycles. The number of aryl methyl sites for hydroxylation is 2. The van der Waals surface area contributed by atoms with Crippen molar-refractivity contribution in [2.75, 3.05) is 12.4 Å². The number of para-hydroxylation sites is 3. The Balaban J connectivity index is 1.66. The molecule has 0 spiro atoms. The second-order valence-electron chi connectivity index (χ2n) is 5.54. The highest BCUT2D eigenvalue weighted by atomic mass is 32.2. The number of nitro groups is 1. The molecule has 8 nitrogen and oxygen atoms in total. The second-order valence-corrected chi connectivity index (χ2v) is 6.60. The highest BCUT2D eigenvalue weighted by molar-refractivity contribution is 7.99. The van der Waals surface area contributed by atoms with Crippen LogP contribution in [0.3, 0.4) is 0 Å². The molecule has 0 amide bonds. The van der Waals surface area contributed by atoms with E-state index in [0.29, 0.717) is 17.5 Å². The maximum Gasteiger partial charge on any atom is 0.310 e. The van der Waals surface area contributed by atoms with Gasteiger partial charge in [0.15, 0.2) is 5.75 Å². The van der Waals surface area contributed by atoms with E-state index in [1.165, 1.54) is 17.8 Å². The van der Waals surface area contributed by atoms with Gasteiger partial charge in [-0.2, -0.15) is 4.68 Å². The molecule has 0 radical (unpaired) electrons. The number of nitro benzene ring substituents is 1. The largest absolute Gasteiger partial charge is 0.486 e. The SMILES string of the molecule is Cc1cccc(C)c1-n1nnnc1SCCOc1ccccc1[N+](=O)[O-]. The van der Waals surface area contributed by atoms with Crippen molar-refractivity contribution < 1.29 is 9.66 Å². The van der Waals surface area contributed by atoms with E-state index < -0.39 is 4.92 Å². The van der Waals surface area contributed by atoms with E-state index in [0.717, 1.165) is 16.8 Å². The van der Waals surface area contributed by atoms with Crippen LogP contribution in [0.4, 0.5) is 5.69 Å². The predicted molar refractivity (Wildman–Crippen MR) is 97.9 cm³/mol. The molecule has 0 aliphatic heterocycles. The Morgan fingerprint density at radius 3 is 2.62 bits per heavy atom. The summed E-state index contributed by atoms with van der Waals surface area (Å²) in [4.78, 5) is 10.5. The number of rotatable bonds is 7. The normalized spacial score (nSPS) is 10.7. The number of thioether (sulfide) groups is 1. The highest BCUT2D eigenvalue weighted by Gasteiger charge is 2.15. The molecule has 9 heteroatoms. The quantitative estimate of drug-likeness (QED) is 0.272. The average molecular weight is 371 g/mol. The van der Waals surface area contributed by atoms with Crippen LogP contribution in [-0.4, -0.2) is 37.5 Å². The zero-order valence-corrected chi connectivity index (χ0v) is 15.1. The standard InChI is InChI=1S/C17H17N5O3S/c1-12-6-5-7-13(2)16(12)21-17(18-19-20-21)26-11-10-25-15-9-4-3-8-14(15)22(23)24/h3-9H,10-11H2,1-2H3. The van der Waals surface area contributed by atoms with Gasteiger partial charge in [-0.15, -0.1) is 5.10 Å². The Hall–Kier alpha value is -2.94. The monoisotopic (exact) mass is 371 g/mol. The highest BCUT2D eigenvalue weighted by Crippen LogP contribution is 2.27. The number of ether oxygens (including phenoxy) is 1. The third-order valence-corrected chi connectivity index (χ3v) is 4.61. The van der Waals surface area contributed by atoms with Gasteiger partial charge in [-0.1, -0.05) is 42.1 Å². The maximum absolute atomic E-state index is 11.0. The van der Waals surface area contributed by atoms with Crippen molar-refractivity contribution in [1.82, 2.24) is 20.2 Å². The van der Waals surface area contributed by atoms with Crippen molar-refractivity contribution in [2.45, 2.75) is 19.0 Å². The van der Waals surface area contributed by atoms with Crippen molar-refractivity contribution in [3.8, 4) is 11.4 Å². The van der Waals surface area contributed by atoms with Crippen molar-refractivity contribution in [1.29, 1.82) is 0 Å². The van der Waals surface area contributed by atoms with Gasteiger partial charge in [0.25, 0.3) is 0 Å². The first-order valence-corrected chi connectivity index (χ1v) is 8.90. The number of benzene rings is 2. The van der Waals surface area contributed by atoms with Gasteiger partial charge in [0.05, 0.1) is 17.2 Å². The van der Waals surface area contributed by atoms with Gasteiger partial charge in [-0.25, -0.2) is 0 Å². The van der Waals surface area contributed by atoms with Gasteiger partial charge < -0.3 is 4.74 Å². The lowest BCUT2D eigenvalue weighted by atomic mass is 10.1. The minimum Gasteiger partial charge on any atom is -0.486 e. The van der Waals surface area contributed by atoms with Crippen LogP contribution >= 0.6 is 11.8 Å². The molecular weight excluding hydrogens is 354 g/mol. The molecule has 134 valence electrons. The molecule has 3 rings (SSSR count). The van der Waals surface area contributed by atoms with Gasteiger partial charge in [-0.3, -0.25) is 10.1 Å². The Labute approximate surface area is 154 Å². The fourth-order valence-electron chi connectivity index (χ4n) is 2.56. The molecule has 0 bridgehead atoms. The van der Waals surface area contributed by atoms with Crippen LogP contribution in [0.25, 0.3) is 5.69 Å². The molecule has 26 heavy (non-hydrogen) atoms. The minimum absolute atomic E-state index is 0.0436. The number of hydrogen-bond acceptors (Lipinski definition) is 7. The van der Waals surface area contributed by atoms with Crippen LogP contribution in [-0.2, 0) is 0 Å². The van der Waals surface area contributed by atoms with Crippen LogP contribution in [0, 0.1) is 24.0 Å². The lowest BCUT2D eigenvalue weighted by molar-refractivity contribution is -0.385. The van der Waals surface area contributed by atoms with Crippen LogP contribution in [0.2, 0.25) is 0 Å². The van der Waals surface area contributed by atoms with Gasteiger partial charge in [0.2, 0.25) is 5.16 Å². The van der Waals surface area contributed by atoms with Crippen molar-refractivity contribution >= 4 is 17.4 Å².